The summed E-state index contributed by atoms with van der Waals surface area (Å²) in [6.07, 6.45) is 0. The van der Waals surface area contributed by atoms with Crippen LogP contribution in [0.25, 0.3) is 0 Å². The Morgan fingerprint density at radius 1 is 0.619 bits per heavy atom. The van der Waals surface area contributed by atoms with Crippen molar-refractivity contribution in [2.24, 2.45) is 9.98 Å². The van der Waals surface area contributed by atoms with Gasteiger partial charge in [0, 0.05) is 11.1 Å². The predicted octanol–water partition coefficient (Wildman–Crippen LogP) is 4.33. The third kappa shape index (κ3) is 2.80. The molecule has 106 valence electrons. The molecule has 0 spiro atoms. The zero-order valence-corrected chi connectivity index (χ0v) is 13.0. The highest BCUT2D eigenvalue weighted by atomic mass is 15.1. The molecule has 0 unspecified atom stereocenters. The maximum absolute atomic E-state index is 4.81. The van der Waals surface area contributed by atoms with Crippen molar-refractivity contribution in [3.05, 3.63) is 70.8 Å². The molecular weight excluding hydrogens is 256 g/mol. The second-order valence-corrected chi connectivity index (χ2v) is 6.15. The Morgan fingerprint density at radius 2 is 0.952 bits per heavy atom. The van der Waals surface area contributed by atoms with Gasteiger partial charge in [-0.25, -0.2) is 0 Å². The molecule has 0 bridgehead atoms. The Bertz CT molecular complexity index is 654. The van der Waals surface area contributed by atoms with Gasteiger partial charge >= 0.3 is 0 Å². The van der Waals surface area contributed by atoms with Crippen molar-refractivity contribution in [2.75, 3.05) is 0 Å². The van der Waals surface area contributed by atoms with Crippen LogP contribution in [0, 0.1) is 13.8 Å². The normalized spacial score (nSPS) is 16.6. The van der Waals surface area contributed by atoms with Crippen LogP contribution in [0.3, 0.4) is 0 Å². The first-order chi connectivity index (χ1) is 9.94. The summed E-state index contributed by atoms with van der Waals surface area (Å²) >= 11 is 0. The lowest BCUT2D eigenvalue weighted by Gasteiger charge is -2.07. The molecule has 0 saturated carbocycles. The minimum Gasteiger partial charge on any atom is -0.253 e. The monoisotopic (exact) mass is 276 g/mol. The van der Waals surface area contributed by atoms with Gasteiger partial charge in [0.15, 0.2) is 0 Å². The zero-order chi connectivity index (χ0) is 15.0. The lowest BCUT2D eigenvalue weighted by atomic mass is 9.99. The van der Waals surface area contributed by atoms with Gasteiger partial charge in [-0.1, -0.05) is 59.7 Å². The number of hydrogen-bond donors (Lipinski definition) is 0. The topological polar surface area (TPSA) is 24.7 Å². The second-order valence-electron chi connectivity index (χ2n) is 6.15. The molecule has 0 amide bonds. The average molecular weight is 276 g/mol. The van der Waals surface area contributed by atoms with Crippen LogP contribution in [-0.4, -0.2) is 17.1 Å². The van der Waals surface area contributed by atoms with Crippen LogP contribution >= 0.6 is 0 Å². The quantitative estimate of drug-likeness (QED) is 0.780. The average Bonchev–Trinajstić information content (AvgIpc) is 2.76. The van der Waals surface area contributed by atoms with Gasteiger partial charge in [-0.2, -0.15) is 0 Å². The van der Waals surface area contributed by atoms with E-state index in [0.29, 0.717) is 0 Å². The van der Waals surface area contributed by atoms with Crippen LogP contribution in [-0.2, 0) is 0 Å². The van der Waals surface area contributed by atoms with Crippen LogP contribution in [0.15, 0.2) is 58.5 Å². The Labute approximate surface area is 126 Å². The van der Waals surface area contributed by atoms with Crippen LogP contribution in [0.1, 0.15) is 36.1 Å². The van der Waals surface area contributed by atoms with E-state index in [-0.39, 0.29) is 5.66 Å². The molecule has 0 N–H and O–H groups in total. The molecule has 2 heteroatoms. The zero-order valence-electron chi connectivity index (χ0n) is 13.0. The maximum atomic E-state index is 4.81. The SMILES string of the molecule is Cc1ccc(C2=NC(C)(C)N=C2c2ccc(C)cc2)cc1. The summed E-state index contributed by atoms with van der Waals surface area (Å²) < 4.78 is 0. The summed E-state index contributed by atoms with van der Waals surface area (Å²) in [6.45, 7) is 8.28. The van der Waals surface area contributed by atoms with Crippen molar-refractivity contribution < 1.29 is 0 Å². The fraction of sp³-hybridized carbons (Fsp3) is 0.263. The van der Waals surface area contributed by atoms with E-state index >= 15 is 0 Å². The molecule has 21 heavy (non-hydrogen) atoms. The first-order valence-electron chi connectivity index (χ1n) is 7.29. The molecule has 0 atom stereocenters. The van der Waals surface area contributed by atoms with E-state index < -0.39 is 0 Å². The van der Waals surface area contributed by atoms with Gasteiger partial charge in [-0.3, -0.25) is 9.98 Å². The van der Waals surface area contributed by atoms with E-state index in [1.165, 1.54) is 11.1 Å². The predicted molar refractivity (Wildman–Crippen MR) is 89.5 cm³/mol. The Morgan fingerprint density at radius 3 is 1.29 bits per heavy atom. The molecule has 1 heterocycles. The standard InChI is InChI=1S/C19H20N2/c1-13-5-9-15(10-6-13)17-18(21-19(3,4)20-17)16-11-7-14(2)8-12-16/h5-12H,1-4H3. The molecular formula is C19H20N2. The second kappa shape index (κ2) is 4.96. The van der Waals surface area contributed by atoms with Gasteiger partial charge in [0.05, 0.1) is 11.4 Å². The lowest BCUT2D eigenvalue weighted by molar-refractivity contribution is 0.567. The Kier molecular flexibility index (Phi) is 3.25. The Hall–Kier alpha value is -2.22. The molecule has 0 radical (unpaired) electrons. The van der Waals surface area contributed by atoms with Crippen LogP contribution in [0.5, 0.6) is 0 Å². The first kappa shape index (κ1) is 13.7. The summed E-state index contributed by atoms with van der Waals surface area (Å²) in [5.41, 5.74) is 6.36. The van der Waals surface area contributed by atoms with Crippen LogP contribution in [0.2, 0.25) is 0 Å². The minimum atomic E-state index is -0.388. The van der Waals surface area contributed by atoms with Gasteiger partial charge < -0.3 is 0 Å². The van der Waals surface area contributed by atoms with E-state index in [4.69, 9.17) is 9.98 Å². The summed E-state index contributed by atoms with van der Waals surface area (Å²) in [7, 11) is 0. The number of aryl methyl sites for hydroxylation is 2. The van der Waals surface area contributed by atoms with E-state index in [1.54, 1.807) is 0 Å². The summed E-state index contributed by atoms with van der Waals surface area (Å²) in [5.74, 6) is 0. The van der Waals surface area contributed by atoms with Crippen molar-refractivity contribution in [1.82, 2.24) is 0 Å². The van der Waals surface area contributed by atoms with Gasteiger partial charge in [0.1, 0.15) is 5.66 Å². The largest absolute Gasteiger partial charge is 0.253 e. The number of hydrogen-bond acceptors (Lipinski definition) is 2. The first-order valence-corrected chi connectivity index (χ1v) is 7.29. The maximum Gasteiger partial charge on any atom is 0.146 e. The highest BCUT2D eigenvalue weighted by molar-refractivity contribution is 6.54. The molecule has 2 nitrogen and oxygen atoms in total. The van der Waals surface area contributed by atoms with E-state index in [9.17, 15) is 0 Å². The van der Waals surface area contributed by atoms with E-state index in [1.807, 2.05) is 13.8 Å². The number of benzene rings is 2. The van der Waals surface area contributed by atoms with Crippen molar-refractivity contribution in [1.29, 1.82) is 0 Å². The van der Waals surface area contributed by atoms with Crippen LogP contribution in [0.4, 0.5) is 0 Å². The summed E-state index contributed by atoms with van der Waals surface area (Å²) in [5, 5.41) is 0. The van der Waals surface area contributed by atoms with Gasteiger partial charge in [-0.15, -0.1) is 0 Å². The van der Waals surface area contributed by atoms with E-state index in [2.05, 4.69) is 62.4 Å². The highest BCUT2D eigenvalue weighted by Gasteiger charge is 2.28. The molecule has 0 fully saturated rings. The molecule has 0 saturated heterocycles. The molecule has 1 aliphatic rings. The fourth-order valence-corrected chi connectivity index (χ4v) is 2.50. The Balaban J connectivity index is 2.08. The third-order valence-electron chi connectivity index (χ3n) is 3.65. The number of rotatable bonds is 2. The van der Waals surface area contributed by atoms with E-state index in [0.717, 1.165) is 22.6 Å². The highest BCUT2D eigenvalue weighted by Crippen LogP contribution is 2.25. The number of nitrogens with zero attached hydrogens (tertiary/aromatic N) is 2. The van der Waals surface area contributed by atoms with Gasteiger partial charge in [-0.05, 0) is 27.7 Å². The van der Waals surface area contributed by atoms with Crippen molar-refractivity contribution in [3.63, 3.8) is 0 Å². The van der Waals surface area contributed by atoms with Gasteiger partial charge in [0.25, 0.3) is 0 Å². The van der Waals surface area contributed by atoms with Gasteiger partial charge in [0.2, 0.25) is 0 Å². The molecule has 0 aromatic heterocycles. The van der Waals surface area contributed by atoms with Crippen molar-refractivity contribution in [3.8, 4) is 0 Å². The minimum absolute atomic E-state index is 0.388. The van der Waals surface area contributed by atoms with Crippen LogP contribution < -0.4 is 0 Å². The molecule has 2 aromatic rings. The fourth-order valence-electron chi connectivity index (χ4n) is 2.50. The molecule has 3 rings (SSSR count). The molecule has 0 aliphatic carbocycles. The third-order valence-corrected chi connectivity index (χ3v) is 3.65. The molecule has 1 aliphatic heterocycles. The summed E-state index contributed by atoms with van der Waals surface area (Å²) in [6, 6.07) is 17.0. The van der Waals surface area contributed by atoms with Crippen molar-refractivity contribution in [2.45, 2.75) is 33.4 Å². The number of aliphatic imine (C=N–C) groups is 2. The van der Waals surface area contributed by atoms with Crippen molar-refractivity contribution >= 4 is 11.4 Å². The summed E-state index contributed by atoms with van der Waals surface area (Å²) in [4.78, 5) is 9.63. The molecule has 2 aromatic carbocycles. The smallest absolute Gasteiger partial charge is 0.146 e. The lowest BCUT2D eigenvalue weighted by Crippen LogP contribution is -2.13.